The molecule has 120 valence electrons. The van der Waals surface area contributed by atoms with Crippen molar-refractivity contribution in [1.82, 2.24) is 10.2 Å². The second-order valence-corrected chi connectivity index (χ2v) is 7.78. The summed E-state index contributed by atoms with van der Waals surface area (Å²) in [5, 5.41) is 3.68. The topological polar surface area (TPSA) is 15.3 Å². The molecular weight excluding hydrogens is 256 g/mol. The fraction of sp³-hybridized carbons (Fsp3) is 0.684. The molecule has 2 nitrogen and oxygen atoms in total. The zero-order chi connectivity index (χ0) is 16.2. The molecule has 2 heteroatoms. The third kappa shape index (κ3) is 5.44. The van der Waals surface area contributed by atoms with Gasteiger partial charge in [-0.2, -0.15) is 0 Å². The molecule has 1 N–H and O–H groups in total. The normalized spacial score (nSPS) is 15.5. The van der Waals surface area contributed by atoms with Crippen LogP contribution in [0.5, 0.6) is 0 Å². The van der Waals surface area contributed by atoms with Gasteiger partial charge in [0.1, 0.15) is 0 Å². The van der Waals surface area contributed by atoms with Crippen molar-refractivity contribution in [2.45, 2.75) is 59.0 Å². The second kappa shape index (κ2) is 7.42. The summed E-state index contributed by atoms with van der Waals surface area (Å²) in [6.07, 6.45) is 0. The van der Waals surface area contributed by atoms with Crippen molar-refractivity contribution in [3.05, 3.63) is 35.4 Å². The average Bonchev–Trinajstić information content (AvgIpc) is 2.37. The summed E-state index contributed by atoms with van der Waals surface area (Å²) in [7, 11) is 4.32. The summed E-state index contributed by atoms with van der Waals surface area (Å²) >= 11 is 0. The highest BCUT2D eigenvalue weighted by Crippen LogP contribution is 2.24. The number of benzene rings is 1. The zero-order valence-corrected chi connectivity index (χ0v) is 15.2. The van der Waals surface area contributed by atoms with Gasteiger partial charge in [-0.25, -0.2) is 0 Å². The Morgan fingerprint density at radius 2 is 1.52 bits per heavy atom. The molecule has 2 unspecified atom stereocenters. The third-order valence-electron chi connectivity index (χ3n) is 4.34. The van der Waals surface area contributed by atoms with Crippen LogP contribution in [-0.2, 0) is 5.41 Å². The first-order valence-electron chi connectivity index (χ1n) is 8.13. The van der Waals surface area contributed by atoms with Gasteiger partial charge < -0.3 is 10.2 Å². The van der Waals surface area contributed by atoms with Gasteiger partial charge in [0.25, 0.3) is 0 Å². The van der Waals surface area contributed by atoms with Crippen molar-refractivity contribution >= 4 is 0 Å². The van der Waals surface area contributed by atoms with E-state index in [4.69, 9.17) is 0 Å². The van der Waals surface area contributed by atoms with E-state index < -0.39 is 0 Å². The van der Waals surface area contributed by atoms with Crippen LogP contribution < -0.4 is 5.32 Å². The third-order valence-corrected chi connectivity index (χ3v) is 4.34. The van der Waals surface area contributed by atoms with Gasteiger partial charge in [0.15, 0.2) is 0 Å². The number of nitrogens with one attached hydrogen (secondary N) is 1. The molecule has 1 aromatic carbocycles. The summed E-state index contributed by atoms with van der Waals surface area (Å²) < 4.78 is 0. The molecular formula is C19H34N2. The van der Waals surface area contributed by atoms with Crippen molar-refractivity contribution in [2.75, 3.05) is 20.6 Å². The molecule has 1 aromatic rings. The maximum atomic E-state index is 3.68. The Kier molecular flexibility index (Phi) is 6.42. The van der Waals surface area contributed by atoms with Gasteiger partial charge in [0.05, 0.1) is 0 Å². The van der Waals surface area contributed by atoms with E-state index in [1.54, 1.807) is 0 Å². The minimum atomic E-state index is 0.225. The van der Waals surface area contributed by atoms with E-state index >= 15 is 0 Å². The molecule has 21 heavy (non-hydrogen) atoms. The maximum absolute atomic E-state index is 3.68. The Labute approximate surface area is 131 Å². The molecule has 0 aliphatic rings. The lowest BCUT2D eigenvalue weighted by Crippen LogP contribution is -2.42. The number of likely N-dealkylation sites (N-methyl/N-ethyl adjacent to an activating group) is 1. The Morgan fingerprint density at radius 3 is 1.90 bits per heavy atom. The Balaban J connectivity index is 2.65. The molecule has 0 saturated carbocycles. The maximum Gasteiger partial charge on any atom is 0.0292 e. The fourth-order valence-corrected chi connectivity index (χ4v) is 2.70. The van der Waals surface area contributed by atoms with Crippen LogP contribution in [0.25, 0.3) is 0 Å². The van der Waals surface area contributed by atoms with Gasteiger partial charge in [-0.1, -0.05) is 58.9 Å². The molecule has 2 atom stereocenters. The van der Waals surface area contributed by atoms with Gasteiger partial charge in [0.2, 0.25) is 0 Å². The molecule has 0 aromatic heterocycles. The van der Waals surface area contributed by atoms with E-state index in [1.165, 1.54) is 11.1 Å². The first kappa shape index (κ1) is 18.2. The smallest absolute Gasteiger partial charge is 0.0292 e. The van der Waals surface area contributed by atoms with E-state index in [9.17, 15) is 0 Å². The van der Waals surface area contributed by atoms with Gasteiger partial charge >= 0.3 is 0 Å². The highest BCUT2D eigenvalue weighted by molar-refractivity contribution is 5.29. The van der Waals surface area contributed by atoms with Gasteiger partial charge in [-0.3, -0.25) is 0 Å². The molecule has 0 fully saturated rings. The Bertz CT molecular complexity index is 404. The summed E-state index contributed by atoms with van der Waals surface area (Å²) in [5.74, 6) is 0.656. The lowest BCUT2D eigenvalue weighted by molar-refractivity contribution is 0.220. The van der Waals surface area contributed by atoms with Crippen LogP contribution in [0.1, 0.15) is 58.7 Å². The monoisotopic (exact) mass is 290 g/mol. The van der Waals surface area contributed by atoms with Crippen molar-refractivity contribution < 1.29 is 0 Å². The summed E-state index contributed by atoms with van der Waals surface area (Å²) in [6, 6.07) is 10.0. The second-order valence-electron chi connectivity index (χ2n) is 7.78. The van der Waals surface area contributed by atoms with Crippen LogP contribution in [0.15, 0.2) is 24.3 Å². The standard InChI is InChI=1S/C19H34N2/c1-14(2)18(21(7)8)13-20-15(3)16-9-11-17(12-10-16)19(4,5)6/h9-12,14-15,18,20H,13H2,1-8H3. The van der Waals surface area contributed by atoms with Crippen LogP contribution in [0, 0.1) is 5.92 Å². The van der Waals surface area contributed by atoms with Crippen molar-refractivity contribution in [3.8, 4) is 0 Å². The molecule has 0 aliphatic carbocycles. The van der Waals surface area contributed by atoms with Crippen LogP contribution in [0.3, 0.4) is 0 Å². The van der Waals surface area contributed by atoms with Crippen LogP contribution >= 0.6 is 0 Å². The fourth-order valence-electron chi connectivity index (χ4n) is 2.70. The number of hydrogen-bond acceptors (Lipinski definition) is 2. The van der Waals surface area contributed by atoms with Gasteiger partial charge in [-0.15, -0.1) is 0 Å². The first-order valence-corrected chi connectivity index (χ1v) is 8.13. The molecule has 0 aliphatic heterocycles. The molecule has 0 heterocycles. The Hall–Kier alpha value is -0.860. The predicted molar refractivity (Wildman–Crippen MR) is 93.9 cm³/mol. The van der Waals surface area contributed by atoms with Crippen LogP contribution in [0.2, 0.25) is 0 Å². The minimum absolute atomic E-state index is 0.225. The van der Waals surface area contributed by atoms with E-state index in [2.05, 4.69) is 90.1 Å². The van der Waals surface area contributed by atoms with Crippen LogP contribution in [0.4, 0.5) is 0 Å². The molecule has 0 bridgehead atoms. The lowest BCUT2D eigenvalue weighted by Gasteiger charge is -2.30. The number of nitrogens with zero attached hydrogens (tertiary/aromatic N) is 1. The van der Waals surface area contributed by atoms with Gasteiger partial charge in [0, 0.05) is 18.6 Å². The number of rotatable bonds is 6. The average molecular weight is 290 g/mol. The largest absolute Gasteiger partial charge is 0.309 e. The quantitative estimate of drug-likeness (QED) is 0.844. The van der Waals surface area contributed by atoms with Crippen molar-refractivity contribution in [3.63, 3.8) is 0 Å². The molecule has 1 rings (SSSR count). The first-order chi connectivity index (χ1) is 9.62. The van der Waals surface area contributed by atoms with E-state index in [-0.39, 0.29) is 5.41 Å². The molecule has 0 saturated heterocycles. The highest BCUT2D eigenvalue weighted by Gasteiger charge is 2.17. The number of hydrogen-bond donors (Lipinski definition) is 1. The van der Waals surface area contributed by atoms with Crippen LogP contribution in [-0.4, -0.2) is 31.6 Å². The van der Waals surface area contributed by atoms with E-state index in [1.807, 2.05) is 0 Å². The SMILES string of the molecule is CC(NCC(C(C)C)N(C)C)c1ccc(C(C)(C)C)cc1. The molecule has 0 radical (unpaired) electrons. The molecule has 0 amide bonds. The minimum Gasteiger partial charge on any atom is -0.309 e. The zero-order valence-electron chi connectivity index (χ0n) is 15.2. The summed E-state index contributed by atoms with van der Waals surface area (Å²) in [5.41, 5.74) is 2.99. The van der Waals surface area contributed by atoms with Crippen molar-refractivity contribution in [2.24, 2.45) is 5.92 Å². The van der Waals surface area contributed by atoms with Crippen molar-refractivity contribution in [1.29, 1.82) is 0 Å². The van der Waals surface area contributed by atoms with E-state index in [0.29, 0.717) is 18.0 Å². The van der Waals surface area contributed by atoms with E-state index in [0.717, 1.165) is 6.54 Å². The van der Waals surface area contributed by atoms with Gasteiger partial charge in [-0.05, 0) is 43.5 Å². The molecule has 0 spiro atoms. The lowest BCUT2D eigenvalue weighted by atomic mass is 9.86. The Morgan fingerprint density at radius 1 is 1.00 bits per heavy atom. The summed E-state index contributed by atoms with van der Waals surface area (Å²) in [4.78, 5) is 2.31. The summed E-state index contributed by atoms with van der Waals surface area (Å²) in [6.45, 7) is 14.6. The predicted octanol–water partition coefficient (Wildman–Crippen LogP) is 4.22. The highest BCUT2D eigenvalue weighted by atomic mass is 15.1.